The molecule has 0 aliphatic heterocycles. The quantitative estimate of drug-likeness (QED) is 0.681. The highest BCUT2D eigenvalue weighted by Gasteiger charge is 1.90. The highest BCUT2D eigenvalue weighted by molar-refractivity contribution is 5.76. The van der Waals surface area contributed by atoms with Crippen LogP contribution in [0.15, 0.2) is 55.3 Å². The van der Waals surface area contributed by atoms with Gasteiger partial charge in [-0.3, -0.25) is 0 Å². The maximum absolute atomic E-state index is 4.07. The van der Waals surface area contributed by atoms with Crippen LogP contribution in [0.1, 0.15) is 39.0 Å². The zero-order chi connectivity index (χ0) is 18.2. The van der Waals surface area contributed by atoms with Crippen molar-refractivity contribution in [3.05, 3.63) is 66.5 Å². The maximum Gasteiger partial charge on any atom is 0.116 e. The molecule has 0 aliphatic carbocycles. The summed E-state index contributed by atoms with van der Waals surface area (Å²) < 4.78 is 0. The fourth-order valence-electron chi connectivity index (χ4n) is 1.73. The molecule has 0 atom stereocenters. The smallest absolute Gasteiger partial charge is 0.116 e. The van der Waals surface area contributed by atoms with Crippen LogP contribution in [-0.2, 0) is 0 Å². The van der Waals surface area contributed by atoms with Crippen LogP contribution in [0.5, 0.6) is 0 Å². The van der Waals surface area contributed by atoms with E-state index in [4.69, 9.17) is 0 Å². The Morgan fingerprint density at radius 2 is 1.75 bits per heavy atom. The minimum Gasteiger partial charge on any atom is -0.394 e. The van der Waals surface area contributed by atoms with Crippen LogP contribution in [0.25, 0.3) is 17.0 Å². The summed E-state index contributed by atoms with van der Waals surface area (Å²) in [6.45, 7) is 10.1. The van der Waals surface area contributed by atoms with Crippen molar-refractivity contribution >= 4 is 17.0 Å². The number of H-pyrrole nitrogens is 1. The molecule has 0 aliphatic rings. The van der Waals surface area contributed by atoms with Crippen molar-refractivity contribution in [2.45, 2.75) is 34.6 Å². The Morgan fingerprint density at radius 1 is 1.04 bits per heavy atom. The molecule has 0 unspecified atom stereocenters. The van der Waals surface area contributed by atoms with E-state index in [1.54, 1.807) is 6.33 Å². The Morgan fingerprint density at radius 3 is 2.33 bits per heavy atom. The number of para-hydroxylation sites is 1. The van der Waals surface area contributed by atoms with E-state index >= 15 is 0 Å². The SMILES string of the molecule is CC.CC.CN/C=C\c1[nH]ccc1C.c1ccc2ncncc2c1. The average Bonchev–Trinajstić information content (AvgIpc) is 3.09. The van der Waals surface area contributed by atoms with E-state index in [0.717, 1.165) is 16.6 Å². The van der Waals surface area contributed by atoms with Gasteiger partial charge in [0.15, 0.2) is 0 Å². The number of nitrogens with one attached hydrogen (secondary N) is 2. The molecule has 3 aromatic rings. The summed E-state index contributed by atoms with van der Waals surface area (Å²) in [4.78, 5) is 11.1. The van der Waals surface area contributed by atoms with E-state index in [1.165, 1.54) is 5.56 Å². The number of fused-ring (bicyclic) bond motifs is 1. The van der Waals surface area contributed by atoms with Gasteiger partial charge in [-0.2, -0.15) is 0 Å². The number of rotatable bonds is 2. The largest absolute Gasteiger partial charge is 0.394 e. The Balaban J connectivity index is 0.000000366. The molecule has 1 aromatic carbocycles. The summed E-state index contributed by atoms with van der Waals surface area (Å²) in [7, 11) is 1.88. The summed E-state index contributed by atoms with van der Waals surface area (Å²) in [5, 5.41) is 4.02. The molecule has 0 amide bonds. The van der Waals surface area contributed by atoms with E-state index in [2.05, 4.69) is 33.3 Å². The van der Waals surface area contributed by atoms with Crippen molar-refractivity contribution in [2.75, 3.05) is 7.05 Å². The van der Waals surface area contributed by atoms with E-state index in [1.807, 2.05) is 83.7 Å². The lowest BCUT2D eigenvalue weighted by Gasteiger charge is -1.90. The van der Waals surface area contributed by atoms with Gasteiger partial charge in [0.1, 0.15) is 6.33 Å². The van der Waals surface area contributed by atoms with E-state index in [-0.39, 0.29) is 0 Å². The molecule has 0 saturated heterocycles. The number of nitrogens with zero attached hydrogens (tertiary/aromatic N) is 2. The topological polar surface area (TPSA) is 53.6 Å². The van der Waals surface area contributed by atoms with Gasteiger partial charge in [0.05, 0.1) is 5.52 Å². The average molecular weight is 326 g/mol. The first-order valence-corrected chi connectivity index (χ1v) is 8.44. The molecule has 0 radical (unpaired) electrons. The fourth-order valence-corrected chi connectivity index (χ4v) is 1.73. The van der Waals surface area contributed by atoms with Crippen LogP contribution < -0.4 is 5.32 Å². The highest BCUT2D eigenvalue weighted by Crippen LogP contribution is 2.06. The zero-order valence-electron chi connectivity index (χ0n) is 15.7. The second kappa shape index (κ2) is 14.0. The summed E-state index contributed by atoms with van der Waals surface area (Å²) >= 11 is 0. The van der Waals surface area contributed by atoms with Gasteiger partial charge in [0.25, 0.3) is 0 Å². The predicted molar refractivity (Wildman–Crippen MR) is 106 cm³/mol. The molecule has 130 valence electrons. The van der Waals surface area contributed by atoms with Crippen LogP contribution in [0.3, 0.4) is 0 Å². The predicted octanol–water partition coefficient (Wildman–Crippen LogP) is 5.20. The molecule has 0 saturated carbocycles. The van der Waals surface area contributed by atoms with Gasteiger partial charge >= 0.3 is 0 Å². The lowest BCUT2D eigenvalue weighted by atomic mass is 10.2. The first-order valence-electron chi connectivity index (χ1n) is 8.44. The standard InChI is InChI=1S/C8H6N2.C8H12N2.2C2H6/c1-2-4-8-7(3-1)5-9-6-10-8;1-7-3-6-10-8(7)4-5-9-2;2*1-2/h1-6H;3-6,9-10H,1-2H3;2*1-2H3/b;5-4-;;. The van der Waals surface area contributed by atoms with Crippen molar-refractivity contribution in [1.29, 1.82) is 0 Å². The normalized spacial score (nSPS) is 9.08. The summed E-state index contributed by atoms with van der Waals surface area (Å²) in [6, 6.07) is 9.96. The van der Waals surface area contributed by atoms with Gasteiger partial charge in [-0.1, -0.05) is 45.9 Å². The van der Waals surface area contributed by atoms with Crippen LogP contribution in [0.4, 0.5) is 0 Å². The zero-order valence-corrected chi connectivity index (χ0v) is 15.7. The maximum atomic E-state index is 4.07. The molecule has 2 N–H and O–H groups in total. The second-order valence-corrected chi connectivity index (χ2v) is 4.28. The van der Waals surface area contributed by atoms with Crippen LogP contribution in [0.2, 0.25) is 0 Å². The second-order valence-electron chi connectivity index (χ2n) is 4.28. The van der Waals surface area contributed by atoms with Crippen molar-refractivity contribution in [1.82, 2.24) is 20.3 Å². The van der Waals surface area contributed by atoms with Gasteiger partial charge < -0.3 is 10.3 Å². The van der Waals surface area contributed by atoms with Gasteiger partial charge in [0.2, 0.25) is 0 Å². The third kappa shape index (κ3) is 7.58. The molecule has 2 heterocycles. The Hall–Kier alpha value is -2.62. The van der Waals surface area contributed by atoms with E-state index in [9.17, 15) is 0 Å². The molecule has 0 spiro atoms. The number of benzene rings is 1. The molecule has 2 aromatic heterocycles. The van der Waals surface area contributed by atoms with E-state index < -0.39 is 0 Å². The van der Waals surface area contributed by atoms with Gasteiger partial charge in [-0.05, 0) is 36.9 Å². The first-order chi connectivity index (χ1) is 11.8. The third-order valence-corrected chi connectivity index (χ3v) is 2.83. The number of hydrogen-bond acceptors (Lipinski definition) is 3. The Labute approximate surface area is 146 Å². The molecule has 24 heavy (non-hydrogen) atoms. The molecule has 3 rings (SSSR count). The molecule has 4 nitrogen and oxygen atoms in total. The lowest BCUT2D eigenvalue weighted by Crippen LogP contribution is -1.90. The Kier molecular flexibility index (Phi) is 12.5. The number of aromatic nitrogens is 3. The highest BCUT2D eigenvalue weighted by atomic mass is 14.8. The number of aromatic amines is 1. The minimum atomic E-state index is 0.998. The van der Waals surface area contributed by atoms with E-state index in [0.29, 0.717) is 0 Å². The lowest BCUT2D eigenvalue weighted by molar-refractivity contribution is 1.11. The third-order valence-electron chi connectivity index (χ3n) is 2.83. The monoisotopic (exact) mass is 326 g/mol. The molecular formula is C20H30N4. The molecule has 0 fully saturated rings. The van der Waals surface area contributed by atoms with Gasteiger partial charge in [-0.25, -0.2) is 9.97 Å². The van der Waals surface area contributed by atoms with Crippen LogP contribution in [0, 0.1) is 6.92 Å². The molecule has 0 bridgehead atoms. The summed E-state index contributed by atoms with van der Waals surface area (Å²) in [5.41, 5.74) is 3.43. The Bertz CT molecular complexity index is 621. The summed E-state index contributed by atoms with van der Waals surface area (Å²) in [5.74, 6) is 0. The van der Waals surface area contributed by atoms with Gasteiger partial charge in [0, 0.05) is 30.5 Å². The first kappa shape index (κ1) is 21.4. The van der Waals surface area contributed by atoms with Crippen molar-refractivity contribution < 1.29 is 0 Å². The van der Waals surface area contributed by atoms with Crippen molar-refractivity contribution in [3.63, 3.8) is 0 Å². The van der Waals surface area contributed by atoms with Gasteiger partial charge in [-0.15, -0.1) is 0 Å². The van der Waals surface area contributed by atoms with Crippen LogP contribution in [-0.4, -0.2) is 22.0 Å². The van der Waals surface area contributed by atoms with Crippen LogP contribution >= 0.6 is 0 Å². The minimum absolute atomic E-state index is 0.998. The van der Waals surface area contributed by atoms with Crippen molar-refractivity contribution in [3.8, 4) is 0 Å². The molecule has 4 heteroatoms. The number of hydrogen-bond donors (Lipinski definition) is 2. The molecular weight excluding hydrogens is 296 g/mol. The number of aryl methyl sites for hydroxylation is 1. The fraction of sp³-hybridized carbons (Fsp3) is 0.300. The summed E-state index contributed by atoms with van der Waals surface area (Å²) in [6.07, 6.45) is 9.21. The van der Waals surface area contributed by atoms with Crippen molar-refractivity contribution in [2.24, 2.45) is 0 Å².